The van der Waals surface area contributed by atoms with Crippen molar-refractivity contribution in [1.29, 1.82) is 0 Å². The van der Waals surface area contributed by atoms with Gasteiger partial charge in [0.1, 0.15) is 11.1 Å². The smallest absolute Gasteiger partial charge is 0.259 e. The summed E-state index contributed by atoms with van der Waals surface area (Å²) in [7, 11) is 0. The lowest BCUT2D eigenvalue weighted by Crippen LogP contribution is -2.48. The summed E-state index contributed by atoms with van der Waals surface area (Å²) in [4.78, 5) is 56.5. The zero-order valence-electron chi connectivity index (χ0n) is 21.3. The zero-order chi connectivity index (χ0) is 24.9. The van der Waals surface area contributed by atoms with Crippen LogP contribution in [0.25, 0.3) is 0 Å². The van der Waals surface area contributed by atoms with Crippen molar-refractivity contribution >= 4 is 17.7 Å². The Morgan fingerprint density at radius 3 is 2.20 bits per heavy atom. The van der Waals surface area contributed by atoms with E-state index in [0.717, 1.165) is 51.4 Å². The molecule has 2 saturated carbocycles. The van der Waals surface area contributed by atoms with Gasteiger partial charge in [0.2, 0.25) is 11.3 Å². The second-order valence-electron chi connectivity index (χ2n) is 10.4. The van der Waals surface area contributed by atoms with E-state index in [1.54, 1.807) is 22.2 Å². The van der Waals surface area contributed by atoms with Crippen molar-refractivity contribution in [2.45, 2.75) is 90.1 Å². The Bertz CT molecular complexity index is 987. The van der Waals surface area contributed by atoms with Crippen molar-refractivity contribution < 1.29 is 14.4 Å². The maximum Gasteiger partial charge on any atom is 0.259 e. The van der Waals surface area contributed by atoms with Crippen molar-refractivity contribution in [3.8, 4) is 0 Å². The fourth-order valence-corrected chi connectivity index (χ4v) is 5.51. The lowest BCUT2D eigenvalue weighted by molar-refractivity contribution is -0.136. The molecule has 3 fully saturated rings. The lowest BCUT2D eigenvalue weighted by Gasteiger charge is -2.34. The molecule has 4 rings (SSSR count). The van der Waals surface area contributed by atoms with Crippen LogP contribution >= 0.6 is 0 Å². The average Bonchev–Trinajstić information content (AvgIpc) is 3.73. The van der Waals surface area contributed by atoms with Gasteiger partial charge in [-0.05, 0) is 52.4 Å². The summed E-state index contributed by atoms with van der Waals surface area (Å²) >= 11 is 0. The molecule has 3 aliphatic rings. The SMILES string of the molecule is CCN(CC)C(=O)[C@@H]1CCCN(C(=O)c2cn(C3CC3)cc(C(=O)NC3CCCCCC3)c2=O)C1. The minimum absolute atomic E-state index is 0.0429. The topological polar surface area (TPSA) is 91.7 Å². The fourth-order valence-electron chi connectivity index (χ4n) is 5.51. The number of nitrogens with one attached hydrogen (secondary N) is 1. The Labute approximate surface area is 208 Å². The van der Waals surface area contributed by atoms with Crippen LogP contribution in [0.15, 0.2) is 17.2 Å². The van der Waals surface area contributed by atoms with Crippen molar-refractivity contribution in [3.63, 3.8) is 0 Å². The van der Waals surface area contributed by atoms with E-state index in [-0.39, 0.29) is 46.9 Å². The number of likely N-dealkylation sites (tertiary alicyclic amines) is 1. The van der Waals surface area contributed by atoms with Gasteiger partial charge in [-0.3, -0.25) is 19.2 Å². The summed E-state index contributed by atoms with van der Waals surface area (Å²) in [6, 6.07) is 0.303. The standard InChI is InChI=1S/C27H40N4O4/c1-3-29(4-2)26(34)19-10-9-15-30(16-19)27(35)23-18-31(21-13-14-21)17-22(24(23)32)25(33)28-20-11-7-5-6-8-12-20/h17-21H,3-16H2,1-2H3,(H,28,33)/t19-/m1/s1. The van der Waals surface area contributed by atoms with E-state index >= 15 is 0 Å². The Balaban J connectivity index is 1.56. The highest BCUT2D eigenvalue weighted by atomic mass is 16.2. The predicted molar refractivity (Wildman–Crippen MR) is 134 cm³/mol. The molecule has 0 unspecified atom stereocenters. The third-order valence-electron chi connectivity index (χ3n) is 7.81. The van der Waals surface area contributed by atoms with Crippen LogP contribution in [0.3, 0.4) is 0 Å². The van der Waals surface area contributed by atoms with Crippen LogP contribution in [-0.4, -0.2) is 64.3 Å². The molecule has 0 radical (unpaired) electrons. The molecule has 1 aliphatic heterocycles. The van der Waals surface area contributed by atoms with E-state index in [0.29, 0.717) is 26.2 Å². The Kier molecular flexibility index (Phi) is 8.29. The van der Waals surface area contributed by atoms with E-state index in [1.165, 1.54) is 12.8 Å². The van der Waals surface area contributed by atoms with Gasteiger partial charge in [-0.15, -0.1) is 0 Å². The first-order valence-corrected chi connectivity index (χ1v) is 13.6. The maximum atomic E-state index is 13.6. The molecule has 2 aliphatic carbocycles. The first-order valence-electron chi connectivity index (χ1n) is 13.6. The van der Waals surface area contributed by atoms with Gasteiger partial charge in [0.05, 0.1) is 5.92 Å². The van der Waals surface area contributed by atoms with Crippen molar-refractivity contribution in [3.05, 3.63) is 33.7 Å². The molecule has 35 heavy (non-hydrogen) atoms. The quantitative estimate of drug-likeness (QED) is 0.601. The van der Waals surface area contributed by atoms with Crippen LogP contribution < -0.4 is 10.7 Å². The van der Waals surface area contributed by atoms with Crippen molar-refractivity contribution in [2.24, 2.45) is 5.92 Å². The van der Waals surface area contributed by atoms with Gasteiger partial charge in [0, 0.05) is 50.7 Å². The van der Waals surface area contributed by atoms with E-state index in [1.807, 2.05) is 18.4 Å². The Morgan fingerprint density at radius 2 is 1.57 bits per heavy atom. The molecule has 192 valence electrons. The molecule has 1 saturated heterocycles. The van der Waals surface area contributed by atoms with Crippen LogP contribution in [0, 0.1) is 5.92 Å². The third kappa shape index (κ3) is 5.96. The minimum atomic E-state index is -0.504. The van der Waals surface area contributed by atoms with Gasteiger partial charge in [-0.25, -0.2) is 0 Å². The normalized spacial score (nSPS) is 21.3. The highest BCUT2D eigenvalue weighted by Crippen LogP contribution is 2.35. The number of carbonyl (C=O) groups excluding carboxylic acids is 3. The predicted octanol–water partition coefficient (Wildman–Crippen LogP) is 3.36. The average molecular weight is 485 g/mol. The molecular formula is C27H40N4O4. The first kappa shape index (κ1) is 25.5. The molecule has 3 amide bonds. The number of aromatic nitrogens is 1. The highest BCUT2D eigenvalue weighted by molar-refractivity contribution is 5.99. The summed E-state index contributed by atoms with van der Waals surface area (Å²) in [6.07, 6.45) is 13.1. The van der Waals surface area contributed by atoms with Crippen LogP contribution in [-0.2, 0) is 4.79 Å². The van der Waals surface area contributed by atoms with Crippen LogP contribution in [0.2, 0.25) is 0 Å². The number of rotatable bonds is 7. The second kappa shape index (κ2) is 11.4. The molecule has 1 N–H and O–H groups in total. The van der Waals surface area contributed by atoms with E-state index in [9.17, 15) is 19.2 Å². The van der Waals surface area contributed by atoms with Gasteiger partial charge in [-0.1, -0.05) is 25.7 Å². The van der Waals surface area contributed by atoms with E-state index in [4.69, 9.17) is 0 Å². The molecule has 1 atom stereocenters. The minimum Gasteiger partial charge on any atom is -0.349 e. The van der Waals surface area contributed by atoms with E-state index in [2.05, 4.69) is 5.32 Å². The molecule has 0 spiro atoms. The zero-order valence-corrected chi connectivity index (χ0v) is 21.3. The number of pyridine rings is 1. The van der Waals surface area contributed by atoms with E-state index < -0.39 is 5.43 Å². The maximum absolute atomic E-state index is 13.6. The molecule has 8 nitrogen and oxygen atoms in total. The molecule has 1 aromatic heterocycles. The second-order valence-corrected chi connectivity index (χ2v) is 10.4. The molecule has 2 heterocycles. The summed E-state index contributed by atoms with van der Waals surface area (Å²) in [5, 5.41) is 3.07. The third-order valence-corrected chi connectivity index (χ3v) is 7.81. The molecule has 1 aromatic rings. The number of amides is 3. The van der Waals surface area contributed by atoms with Gasteiger partial charge in [0.25, 0.3) is 11.8 Å². The number of nitrogens with zero attached hydrogens (tertiary/aromatic N) is 3. The van der Waals surface area contributed by atoms with Gasteiger partial charge in [0.15, 0.2) is 0 Å². The monoisotopic (exact) mass is 484 g/mol. The van der Waals surface area contributed by atoms with Crippen molar-refractivity contribution in [1.82, 2.24) is 19.7 Å². The Hall–Kier alpha value is -2.64. The number of carbonyl (C=O) groups is 3. The van der Waals surface area contributed by atoms with Gasteiger partial charge in [-0.2, -0.15) is 0 Å². The summed E-state index contributed by atoms with van der Waals surface area (Å²) in [5.41, 5.74) is -0.406. The number of hydrogen-bond acceptors (Lipinski definition) is 4. The summed E-state index contributed by atoms with van der Waals surface area (Å²) in [5.74, 6) is -0.927. The first-order chi connectivity index (χ1) is 16.9. The van der Waals surface area contributed by atoms with Crippen molar-refractivity contribution in [2.75, 3.05) is 26.2 Å². The van der Waals surface area contributed by atoms with Gasteiger partial charge < -0.3 is 19.7 Å². The molecule has 0 aromatic carbocycles. The largest absolute Gasteiger partial charge is 0.349 e. The number of hydrogen-bond donors (Lipinski definition) is 1. The molecular weight excluding hydrogens is 444 g/mol. The van der Waals surface area contributed by atoms with Crippen LogP contribution in [0.1, 0.15) is 105 Å². The highest BCUT2D eigenvalue weighted by Gasteiger charge is 2.33. The summed E-state index contributed by atoms with van der Waals surface area (Å²) in [6.45, 7) is 6.03. The lowest BCUT2D eigenvalue weighted by atomic mass is 9.95. The molecule has 0 bridgehead atoms. The summed E-state index contributed by atoms with van der Waals surface area (Å²) < 4.78 is 1.87. The van der Waals surface area contributed by atoms with Gasteiger partial charge >= 0.3 is 0 Å². The molecule has 8 heteroatoms. The van der Waals surface area contributed by atoms with Crippen LogP contribution in [0.4, 0.5) is 0 Å². The fraction of sp³-hybridized carbons (Fsp3) is 0.704. The number of piperidine rings is 1. The Morgan fingerprint density at radius 1 is 0.914 bits per heavy atom. The van der Waals surface area contributed by atoms with Crippen LogP contribution in [0.5, 0.6) is 0 Å².